The molecule has 1 fully saturated rings. The predicted octanol–water partition coefficient (Wildman–Crippen LogP) is 1.15. The minimum atomic E-state index is -0.0708. The first-order valence-corrected chi connectivity index (χ1v) is 6.10. The standard InChI is InChI=1S/C13H19N3O/c14-8-7-10-1-3-11(4-2-10)9-15-13(17)16-12-5-6-12/h1-4,12H,5-9,14H2,(H2,15,16,17). The predicted molar refractivity (Wildman–Crippen MR) is 67.6 cm³/mol. The molecule has 0 aliphatic heterocycles. The summed E-state index contributed by atoms with van der Waals surface area (Å²) in [5, 5.41) is 5.74. The van der Waals surface area contributed by atoms with Gasteiger partial charge in [0.15, 0.2) is 0 Å². The van der Waals surface area contributed by atoms with E-state index in [9.17, 15) is 4.79 Å². The highest BCUT2D eigenvalue weighted by molar-refractivity contribution is 5.74. The lowest BCUT2D eigenvalue weighted by Gasteiger charge is -2.07. The summed E-state index contributed by atoms with van der Waals surface area (Å²) < 4.78 is 0. The molecule has 0 saturated heterocycles. The highest BCUT2D eigenvalue weighted by Gasteiger charge is 2.22. The lowest BCUT2D eigenvalue weighted by atomic mass is 10.1. The van der Waals surface area contributed by atoms with Crippen LogP contribution in [0.4, 0.5) is 4.79 Å². The van der Waals surface area contributed by atoms with Crippen molar-refractivity contribution in [3.63, 3.8) is 0 Å². The Hall–Kier alpha value is -1.55. The third-order valence-electron chi connectivity index (χ3n) is 2.82. The van der Waals surface area contributed by atoms with E-state index in [0.717, 1.165) is 24.8 Å². The monoisotopic (exact) mass is 233 g/mol. The summed E-state index contributed by atoms with van der Waals surface area (Å²) in [7, 11) is 0. The van der Waals surface area contributed by atoms with E-state index in [1.54, 1.807) is 0 Å². The van der Waals surface area contributed by atoms with Gasteiger partial charge < -0.3 is 16.4 Å². The molecule has 0 bridgehead atoms. The van der Waals surface area contributed by atoms with Crippen LogP contribution in [0.1, 0.15) is 24.0 Å². The van der Waals surface area contributed by atoms with Gasteiger partial charge in [0.1, 0.15) is 0 Å². The van der Waals surface area contributed by atoms with Crippen molar-refractivity contribution in [2.45, 2.75) is 31.8 Å². The van der Waals surface area contributed by atoms with E-state index in [2.05, 4.69) is 22.8 Å². The first-order valence-electron chi connectivity index (χ1n) is 6.10. The first kappa shape index (κ1) is 11.9. The van der Waals surface area contributed by atoms with Crippen LogP contribution in [0, 0.1) is 0 Å². The Morgan fingerprint density at radius 2 is 1.88 bits per heavy atom. The highest BCUT2D eigenvalue weighted by Crippen LogP contribution is 2.18. The summed E-state index contributed by atoms with van der Waals surface area (Å²) in [6, 6.07) is 8.51. The van der Waals surface area contributed by atoms with Crippen LogP contribution in [0.5, 0.6) is 0 Å². The number of urea groups is 1. The van der Waals surface area contributed by atoms with E-state index in [0.29, 0.717) is 19.1 Å². The van der Waals surface area contributed by atoms with Gasteiger partial charge in [0.25, 0.3) is 0 Å². The lowest BCUT2D eigenvalue weighted by molar-refractivity contribution is 0.240. The number of benzene rings is 1. The molecule has 4 nitrogen and oxygen atoms in total. The van der Waals surface area contributed by atoms with Gasteiger partial charge in [0.2, 0.25) is 0 Å². The molecule has 0 aromatic heterocycles. The Balaban J connectivity index is 1.75. The Labute approximate surface area is 102 Å². The molecule has 2 rings (SSSR count). The summed E-state index contributed by atoms with van der Waals surface area (Å²) >= 11 is 0. The Kier molecular flexibility index (Phi) is 3.98. The molecule has 0 spiro atoms. The van der Waals surface area contributed by atoms with Crippen molar-refractivity contribution in [2.24, 2.45) is 5.73 Å². The topological polar surface area (TPSA) is 67.1 Å². The van der Waals surface area contributed by atoms with Crippen molar-refractivity contribution in [1.29, 1.82) is 0 Å². The van der Waals surface area contributed by atoms with Crippen LogP contribution in [0.15, 0.2) is 24.3 Å². The van der Waals surface area contributed by atoms with Crippen molar-refractivity contribution in [1.82, 2.24) is 10.6 Å². The Bertz CT molecular complexity index is 371. The van der Waals surface area contributed by atoms with E-state index in [1.165, 1.54) is 5.56 Å². The highest BCUT2D eigenvalue weighted by atomic mass is 16.2. The third kappa shape index (κ3) is 4.07. The number of rotatable bonds is 5. The minimum absolute atomic E-state index is 0.0708. The van der Waals surface area contributed by atoms with Crippen LogP contribution >= 0.6 is 0 Å². The van der Waals surface area contributed by atoms with E-state index >= 15 is 0 Å². The molecule has 92 valence electrons. The fourth-order valence-corrected chi connectivity index (χ4v) is 1.64. The van der Waals surface area contributed by atoms with Gasteiger partial charge in [0.05, 0.1) is 0 Å². The second-order valence-electron chi connectivity index (χ2n) is 4.46. The number of nitrogens with two attached hydrogens (primary N) is 1. The van der Waals surface area contributed by atoms with E-state index < -0.39 is 0 Å². The smallest absolute Gasteiger partial charge is 0.315 e. The molecular formula is C13H19N3O. The molecule has 0 heterocycles. The van der Waals surface area contributed by atoms with Crippen molar-refractivity contribution in [3.8, 4) is 0 Å². The molecule has 17 heavy (non-hydrogen) atoms. The minimum Gasteiger partial charge on any atom is -0.335 e. The second-order valence-corrected chi connectivity index (χ2v) is 4.46. The zero-order valence-electron chi connectivity index (χ0n) is 9.91. The second kappa shape index (κ2) is 5.68. The Morgan fingerprint density at radius 3 is 2.47 bits per heavy atom. The molecule has 1 aromatic carbocycles. The number of nitrogens with one attached hydrogen (secondary N) is 2. The SMILES string of the molecule is NCCc1ccc(CNC(=O)NC2CC2)cc1. The van der Waals surface area contributed by atoms with Crippen molar-refractivity contribution < 1.29 is 4.79 Å². The molecule has 4 N–H and O–H groups in total. The first-order chi connectivity index (χ1) is 8.28. The van der Waals surface area contributed by atoms with Gasteiger partial charge in [-0.15, -0.1) is 0 Å². The number of hydrogen-bond acceptors (Lipinski definition) is 2. The third-order valence-corrected chi connectivity index (χ3v) is 2.82. The quantitative estimate of drug-likeness (QED) is 0.714. The summed E-state index contributed by atoms with van der Waals surface area (Å²) in [5.74, 6) is 0. The summed E-state index contributed by atoms with van der Waals surface area (Å²) in [5.41, 5.74) is 7.83. The molecule has 1 aliphatic rings. The molecule has 1 aromatic rings. The van der Waals surface area contributed by atoms with Crippen LogP contribution in [-0.2, 0) is 13.0 Å². The summed E-state index contributed by atoms with van der Waals surface area (Å²) in [6.07, 6.45) is 3.12. The fourth-order valence-electron chi connectivity index (χ4n) is 1.64. The van der Waals surface area contributed by atoms with Crippen molar-refractivity contribution in [2.75, 3.05) is 6.54 Å². The van der Waals surface area contributed by atoms with Crippen LogP contribution in [-0.4, -0.2) is 18.6 Å². The lowest BCUT2D eigenvalue weighted by Crippen LogP contribution is -2.36. The van der Waals surface area contributed by atoms with Crippen LogP contribution in [0.3, 0.4) is 0 Å². The van der Waals surface area contributed by atoms with E-state index in [1.807, 2.05) is 12.1 Å². The zero-order valence-corrected chi connectivity index (χ0v) is 9.91. The van der Waals surface area contributed by atoms with Crippen molar-refractivity contribution >= 4 is 6.03 Å². The van der Waals surface area contributed by atoms with Gasteiger partial charge in [-0.2, -0.15) is 0 Å². The number of hydrogen-bond donors (Lipinski definition) is 3. The molecule has 4 heteroatoms. The van der Waals surface area contributed by atoms with E-state index in [4.69, 9.17) is 5.73 Å². The molecule has 0 unspecified atom stereocenters. The van der Waals surface area contributed by atoms with Gasteiger partial charge in [-0.25, -0.2) is 4.79 Å². The zero-order chi connectivity index (χ0) is 12.1. The van der Waals surface area contributed by atoms with Gasteiger partial charge in [-0.3, -0.25) is 0 Å². The maximum Gasteiger partial charge on any atom is 0.315 e. The number of carbonyl (C=O) groups is 1. The van der Waals surface area contributed by atoms with Gasteiger partial charge in [-0.05, 0) is 36.9 Å². The maximum absolute atomic E-state index is 11.4. The van der Waals surface area contributed by atoms with E-state index in [-0.39, 0.29) is 6.03 Å². The maximum atomic E-state index is 11.4. The molecule has 0 atom stereocenters. The normalized spacial score (nSPS) is 14.4. The number of carbonyl (C=O) groups excluding carboxylic acids is 1. The fraction of sp³-hybridized carbons (Fsp3) is 0.462. The Morgan fingerprint density at radius 1 is 1.24 bits per heavy atom. The molecule has 2 amide bonds. The van der Waals surface area contributed by atoms with Crippen molar-refractivity contribution in [3.05, 3.63) is 35.4 Å². The average Bonchev–Trinajstić information content (AvgIpc) is 3.12. The van der Waals surface area contributed by atoms with Crippen LogP contribution in [0.25, 0.3) is 0 Å². The molecular weight excluding hydrogens is 214 g/mol. The average molecular weight is 233 g/mol. The van der Waals surface area contributed by atoms with Gasteiger partial charge >= 0.3 is 6.03 Å². The van der Waals surface area contributed by atoms with Gasteiger partial charge in [-0.1, -0.05) is 24.3 Å². The number of amides is 2. The summed E-state index contributed by atoms with van der Waals surface area (Å²) in [4.78, 5) is 11.4. The van der Waals surface area contributed by atoms with Gasteiger partial charge in [0, 0.05) is 12.6 Å². The largest absolute Gasteiger partial charge is 0.335 e. The molecule has 1 saturated carbocycles. The molecule has 1 aliphatic carbocycles. The van der Waals surface area contributed by atoms with Crippen LogP contribution in [0.2, 0.25) is 0 Å². The van der Waals surface area contributed by atoms with Crippen LogP contribution < -0.4 is 16.4 Å². The summed E-state index contributed by atoms with van der Waals surface area (Å²) in [6.45, 7) is 1.24. The molecule has 0 radical (unpaired) electrons.